The molecule has 2 atom stereocenters. The van der Waals surface area contributed by atoms with Crippen molar-refractivity contribution < 1.29 is 19.7 Å². The van der Waals surface area contributed by atoms with Crippen LogP contribution in [0.1, 0.15) is 47.8 Å². The molecule has 3 rings (SSSR count). The number of amides is 1. The Bertz CT molecular complexity index is 815. The number of nitrogens with zero attached hydrogens (tertiary/aromatic N) is 2. The molecule has 2 saturated heterocycles. The maximum atomic E-state index is 12.8. The van der Waals surface area contributed by atoms with Gasteiger partial charge in [-0.3, -0.25) is 9.59 Å². The molecule has 2 aliphatic rings. The topological polar surface area (TPSA) is 127 Å². The lowest BCUT2D eigenvalue weighted by Crippen LogP contribution is -2.59. The molecule has 2 aliphatic heterocycles. The molecule has 1 aromatic rings. The Morgan fingerprint density at radius 3 is 2.69 bits per heavy atom. The Kier molecular flexibility index (Phi) is 4.65. The van der Waals surface area contributed by atoms with E-state index in [2.05, 4.69) is 4.98 Å². The van der Waals surface area contributed by atoms with E-state index in [1.807, 2.05) is 0 Å². The van der Waals surface area contributed by atoms with Gasteiger partial charge in [-0.05, 0) is 32.8 Å². The van der Waals surface area contributed by atoms with Crippen LogP contribution in [0.5, 0.6) is 0 Å². The van der Waals surface area contributed by atoms with Gasteiger partial charge in [0.1, 0.15) is 17.7 Å². The second-order valence-electron chi connectivity index (χ2n) is 7.50. The molecule has 8 heteroatoms. The maximum Gasteiger partial charge on any atom is 0.266 e. The number of likely N-dealkylation sites (tertiary alicyclic amines) is 1. The number of pyridine rings is 1. The zero-order valence-corrected chi connectivity index (χ0v) is 14.9. The molecular formula is C18H23N3O5. The lowest BCUT2D eigenvalue weighted by atomic mass is 9.76. The molecule has 1 spiro atoms. The van der Waals surface area contributed by atoms with Crippen LogP contribution in [0.25, 0.3) is 0 Å². The number of aryl methyl sites for hydroxylation is 1. The summed E-state index contributed by atoms with van der Waals surface area (Å²) in [5.74, 6) is -0.243. The molecule has 8 nitrogen and oxygen atoms in total. The molecule has 140 valence electrons. The summed E-state index contributed by atoms with van der Waals surface area (Å²) < 4.78 is 5.83. The monoisotopic (exact) mass is 361 g/mol. The highest BCUT2D eigenvalue weighted by Crippen LogP contribution is 2.39. The van der Waals surface area contributed by atoms with E-state index in [-0.39, 0.29) is 18.1 Å². The van der Waals surface area contributed by atoms with Crippen molar-refractivity contribution in [1.82, 2.24) is 9.88 Å². The van der Waals surface area contributed by atoms with Crippen molar-refractivity contribution >= 4 is 5.91 Å². The van der Waals surface area contributed by atoms with Crippen molar-refractivity contribution in [1.29, 1.82) is 5.26 Å². The quantitative estimate of drug-likeness (QED) is 0.649. The first-order valence-corrected chi connectivity index (χ1v) is 8.65. The van der Waals surface area contributed by atoms with Gasteiger partial charge in [0.05, 0.1) is 23.4 Å². The molecule has 0 bridgehead atoms. The van der Waals surface area contributed by atoms with Crippen molar-refractivity contribution in [2.24, 2.45) is 0 Å². The Balaban J connectivity index is 1.74. The maximum absolute atomic E-state index is 12.8. The van der Waals surface area contributed by atoms with E-state index < -0.39 is 22.9 Å². The number of piperidine rings is 1. The summed E-state index contributed by atoms with van der Waals surface area (Å²) in [6, 6.07) is 3.13. The number of hydrogen-bond acceptors (Lipinski definition) is 6. The number of aliphatic hydroxyl groups is 2. The summed E-state index contributed by atoms with van der Waals surface area (Å²) in [5.41, 5.74) is -1.61. The van der Waals surface area contributed by atoms with Gasteiger partial charge in [0, 0.05) is 25.2 Å². The second-order valence-corrected chi connectivity index (χ2v) is 7.50. The van der Waals surface area contributed by atoms with Crippen LogP contribution in [0.3, 0.4) is 0 Å². The van der Waals surface area contributed by atoms with Crippen molar-refractivity contribution in [3.05, 3.63) is 33.2 Å². The van der Waals surface area contributed by atoms with Crippen LogP contribution in [0, 0.1) is 18.3 Å². The Hall–Kier alpha value is -2.21. The van der Waals surface area contributed by atoms with Crippen molar-refractivity contribution in [3.8, 4) is 6.07 Å². The summed E-state index contributed by atoms with van der Waals surface area (Å²) in [6.45, 7) is 4.18. The number of carbonyl (C=O) groups is 1. The Morgan fingerprint density at radius 2 is 2.12 bits per heavy atom. The SMILES string of the molecule is Cc1[nH]c(=O)c(C#N)cc1C(=O)N1CCC2(CC1)C[C@](C)(O)[C@@H](O)CO2. The second kappa shape index (κ2) is 6.50. The number of ether oxygens (including phenoxy) is 1. The molecule has 2 fully saturated rings. The van der Waals surface area contributed by atoms with Gasteiger partial charge in [0.15, 0.2) is 0 Å². The Morgan fingerprint density at radius 1 is 1.46 bits per heavy atom. The summed E-state index contributed by atoms with van der Waals surface area (Å²) in [6.07, 6.45) is 0.505. The highest BCUT2D eigenvalue weighted by atomic mass is 16.5. The third-order valence-electron chi connectivity index (χ3n) is 5.50. The van der Waals surface area contributed by atoms with Crippen LogP contribution < -0.4 is 5.56 Å². The van der Waals surface area contributed by atoms with E-state index in [9.17, 15) is 19.8 Å². The highest BCUT2D eigenvalue weighted by molar-refractivity contribution is 5.95. The molecule has 1 aromatic heterocycles. The smallest absolute Gasteiger partial charge is 0.266 e. The minimum atomic E-state index is -1.21. The van der Waals surface area contributed by atoms with Gasteiger partial charge in [-0.2, -0.15) is 5.26 Å². The molecular weight excluding hydrogens is 338 g/mol. The first-order chi connectivity index (χ1) is 12.2. The van der Waals surface area contributed by atoms with Crippen LogP contribution in [0.2, 0.25) is 0 Å². The number of carbonyl (C=O) groups excluding carboxylic acids is 1. The number of aliphatic hydroxyl groups excluding tert-OH is 1. The minimum absolute atomic E-state index is 0.0749. The number of aromatic nitrogens is 1. The molecule has 0 radical (unpaired) electrons. The van der Waals surface area contributed by atoms with Crippen molar-refractivity contribution in [2.75, 3.05) is 19.7 Å². The third kappa shape index (κ3) is 3.26. The average Bonchev–Trinajstić information content (AvgIpc) is 2.59. The van der Waals surface area contributed by atoms with Gasteiger partial charge in [0.2, 0.25) is 0 Å². The molecule has 0 aliphatic carbocycles. The van der Waals surface area contributed by atoms with Gasteiger partial charge in [-0.25, -0.2) is 0 Å². The van der Waals surface area contributed by atoms with Gasteiger partial charge >= 0.3 is 0 Å². The van der Waals surface area contributed by atoms with Crippen molar-refractivity contribution in [2.45, 2.75) is 50.4 Å². The van der Waals surface area contributed by atoms with Crippen molar-refractivity contribution in [3.63, 3.8) is 0 Å². The van der Waals surface area contributed by atoms with Crippen LogP contribution in [0.15, 0.2) is 10.9 Å². The number of nitriles is 1. The van der Waals surface area contributed by atoms with E-state index in [0.29, 0.717) is 43.6 Å². The van der Waals surface area contributed by atoms with Crippen LogP contribution in [-0.4, -0.2) is 63.0 Å². The van der Waals surface area contributed by atoms with E-state index in [1.54, 1.807) is 24.8 Å². The third-order valence-corrected chi connectivity index (χ3v) is 5.50. The number of H-pyrrole nitrogens is 1. The molecule has 0 unspecified atom stereocenters. The zero-order chi connectivity index (χ0) is 19.1. The fourth-order valence-corrected chi connectivity index (χ4v) is 3.79. The first kappa shape index (κ1) is 18.6. The van der Waals surface area contributed by atoms with E-state index in [0.717, 1.165) is 0 Å². The molecule has 26 heavy (non-hydrogen) atoms. The van der Waals surface area contributed by atoms with E-state index in [1.165, 1.54) is 6.07 Å². The molecule has 0 aromatic carbocycles. The van der Waals surface area contributed by atoms with Gasteiger partial charge in [-0.1, -0.05) is 0 Å². The van der Waals surface area contributed by atoms with Gasteiger partial charge in [0.25, 0.3) is 11.5 Å². The van der Waals surface area contributed by atoms with Gasteiger partial charge < -0.3 is 24.8 Å². The molecule has 3 heterocycles. The number of nitrogens with one attached hydrogen (secondary N) is 1. The minimum Gasteiger partial charge on any atom is -0.388 e. The number of hydrogen-bond donors (Lipinski definition) is 3. The van der Waals surface area contributed by atoms with E-state index in [4.69, 9.17) is 10.00 Å². The van der Waals surface area contributed by atoms with Crippen LogP contribution in [0.4, 0.5) is 0 Å². The number of rotatable bonds is 1. The lowest BCUT2D eigenvalue weighted by Gasteiger charge is -2.49. The predicted octanol–water partition coefficient (Wildman–Crippen LogP) is 0.0620. The molecule has 3 N–H and O–H groups in total. The molecule has 0 saturated carbocycles. The standard InChI is InChI=1S/C18H23N3O5/c1-11-13(7-12(8-19)15(23)20-11)16(24)21-5-3-18(4-6-21)10-17(2,25)14(22)9-26-18/h7,14,22,25H,3-6,9-10H2,1-2H3,(H,20,23)/t14-,17-/m0/s1. The highest BCUT2D eigenvalue weighted by Gasteiger charge is 2.49. The summed E-state index contributed by atoms with van der Waals surface area (Å²) >= 11 is 0. The van der Waals surface area contributed by atoms with Crippen LogP contribution >= 0.6 is 0 Å². The normalized spacial score (nSPS) is 28.0. The fraction of sp³-hybridized carbons (Fsp3) is 0.611. The number of aromatic amines is 1. The predicted molar refractivity (Wildman–Crippen MR) is 91.6 cm³/mol. The Labute approximate surface area is 151 Å². The first-order valence-electron chi connectivity index (χ1n) is 8.65. The fourth-order valence-electron chi connectivity index (χ4n) is 3.79. The van der Waals surface area contributed by atoms with Crippen LogP contribution in [-0.2, 0) is 4.74 Å². The zero-order valence-electron chi connectivity index (χ0n) is 14.9. The summed E-state index contributed by atoms with van der Waals surface area (Å²) in [4.78, 5) is 28.7. The lowest BCUT2D eigenvalue weighted by molar-refractivity contribution is -0.221. The van der Waals surface area contributed by atoms with E-state index >= 15 is 0 Å². The largest absolute Gasteiger partial charge is 0.388 e. The average molecular weight is 361 g/mol. The summed E-state index contributed by atoms with van der Waals surface area (Å²) in [7, 11) is 0. The van der Waals surface area contributed by atoms with Gasteiger partial charge in [-0.15, -0.1) is 0 Å². The molecule has 1 amide bonds. The summed E-state index contributed by atoms with van der Waals surface area (Å²) in [5, 5.41) is 29.2.